The largest absolute Gasteiger partial charge is 0.346 e. The van der Waals surface area contributed by atoms with E-state index in [1.165, 1.54) is 24.3 Å². The number of aromatic nitrogens is 1. The summed E-state index contributed by atoms with van der Waals surface area (Å²) >= 11 is 0. The second-order valence-electron chi connectivity index (χ2n) is 7.11. The first kappa shape index (κ1) is 21.3. The number of nitrogens with zero attached hydrogens (tertiary/aromatic N) is 4. The van der Waals surface area contributed by atoms with E-state index in [1.807, 2.05) is 12.1 Å². The summed E-state index contributed by atoms with van der Waals surface area (Å²) < 4.78 is 0. The molecular weight excluding hydrogens is 388 g/mol. The number of amides is 2. The molecule has 1 fully saturated rings. The first-order valence-electron chi connectivity index (χ1n) is 9.60. The van der Waals surface area contributed by atoms with Crippen molar-refractivity contribution in [1.82, 2.24) is 20.1 Å². The highest BCUT2D eigenvalue weighted by Crippen LogP contribution is 2.21. The molecule has 0 spiro atoms. The van der Waals surface area contributed by atoms with Crippen LogP contribution in [-0.4, -0.2) is 71.3 Å². The quantitative estimate of drug-likeness (QED) is 0.413. The molecule has 1 aliphatic rings. The lowest BCUT2D eigenvalue weighted by molar-refractivity contribution is -0.384. The first-order chi connectivity index (χ1) is 14.4. The van der Waals surface area contributed by atoms with E-state index >= 15 is 0 Å². The molecule has 0 bridgehead atoms. The van der Waals surface area contributed by atoms with Gasteiger partial charge in [-0.15, -0.1) is 0 Å². The summed E-state index contributed by atoms with van der Waals surface area (Å²) in [6.07, 6.45) is 3.47. The maximum Gasteiger partial charge on any atom is 0.313 e. The van der Waals surface area contributed by atoms with E-state index in [0.717, 1.165) is 31.7 Å². The Morgan fingerprint density at radius 1 is 1.13 bits per heavy atom. The molecule has 2 N–H and O–H groups in total. The van der Waals surface area contributed by atoms with Gasteiger partial charge in [-0.25, -0.2) is 0 Å². The molecule has 2 amide bonds. The van der Waals surface area contributed by atoms with E-state index in [0.29, 0.717) is 5.69 Å². The summed E-state index contributed by atoms with van der Waals surface area (Å²) in [5, 5.41) is 15.8. The van der Waals surface area contributed by atoms with E-state index in [9.17, 15) is 19.7 Å². The molecule has 10 heteroatoms. The molecule has 3 rings (SSSR count). The number of nitro groups is 1. The van der Waals surface area contributed by atoms with Crippen LogP contribution >= 0.6 is 0 Å². The summed E-state index contributed by atoms with van der Waals surface area (Å²) in [5.74, 6) is -1.59. The summed E-state index contributed by atoms with van der Waals surface area (Å²) in [6.45, 7) is 3.81. The molecule has 10 nitrogen and oxygen atoms in total. The number of rotatable bonds is 6. The topological polar surface area (TPSA) is 121 Å². The SMILES string of the molecule is CN1CCN(C(CNC(=O)C(=O)Nc2ccc([N+](=O)[O-])cc2)c2cccnc2)CC1. The molecule has 1 saturated heterocycles. The van der Waals surface area contributed by atoms with Crippen molar-refractivity contribution in [2.45, 2.75) is 6.04 Å². The zero-order chi connectivity index (χ0) is 21.5. The molecule has 2 heterocycles. The van der Waals surface area contributed by atoms with E-state index in [2.05, 4.69) is 32.5 Å². The van der Waals surface area contributed by atoms with Gasteiger partial charge < -0.3 is 15.5 Å². The molecule has 1 aromatic carbocycles. The number of hydrogen-bond acceptors (Lipinski definition) is 7. The predicted octanol–water partition coefficient (Wildman–Crippen LogP) is 1.03. The number of piperazine rings is 1. The second kappa shape index (κ2) is 9.90. The summed E-state index contributed by atoms with van der Waals surface area (Å²) in [4.78, 5) is 43.4. The molecule has 0 aliphatic carbocycles. The van der Waals surface area contributed by atoms with E-state index < -0.39 is 16.7 Å². The average Bonchev–Trinajstić information content (AvgIpc) is 2.76. The van der Waals surface area contributed by atoms with E-state index in [1.54, 1.807) is 12.4 Å². The van der Waals surface area contributed by atoms with Crippen LogP contribution in [0.15, 0.2) is 48.8 Å². The molecule has 1 atom stereocenters. The Labute approximate surface area is 174 Å². The van der Waals surface area contributed by atoms with Gasteiger partial charge in [-0.05, 0) is 30.8 Å². The van der Waals surface area contributed by atoms with Crippen molar-refractivity contribution in [3.63, 3.8) is 0 Å². The van der Waals surface area contributed by atoms with Gasteiger partial charge in [0.05, 0.1) is 11.0 Å². The minimum absolute atomic E-state index is 0.0936. The van der Waals surface area contributed by atoms with Crippen LogP contribution in [-0.2, 0) is 9.59 Å². The van der Waals surface area contributed by atoms with Gasteiger partial charge in [-0.1, -0.05) is 6.07 Å². The Balaban J connectivity index is 1.60. The highest BCUT2D eigenvalue weighted by molar-refractivity contribution is 6.39. The molecule has 0 saturated carbocycles. The molecule has 2 aromatic rings. The zero-order valence-electron chi connectivity index (χ0n) is 16.7. The standard InChI is InChI=1S/C20H24N6O4/c1-24-9-11-25(12-10-24)18(15-3-2-8-21-13-15)14-22-19(27)20(28)23-16-4-6-17(7-5-16)26(29)30/h2-8,13,18H,9-12,14H2,1H3,(H,22,27)(H,23,28). The van der Waals surface area contributed by atoms with Crippen molar-refractivity contribution in [2.24, 2.45) is 0 Å². The lowest BCUT2D eigenvalue weighted by atomic mass is 10.1. The summed E-state index contributed by atoms with van der Waals surface area (Å²) in [7, 11) is 2.07. The van der Waals surface area contributed by atoms with Crippen molar-refractivity contribution in [3.05, 3.63) is 64.5 Å². The van der Waals surface area contributed by atoms with Crippen molar-refractivity contribution in [2.75, 3.05) is 45.1 Å². The van der Waals surface area contributed by atoms with Crippen LogP contribution in [0.2, 0.25) is 0 Å². The van der Waals surface area contributed by atoms with Crippen molar-refractivity contribution in [3.8, 4) is 0 Å². The van der Waals surface area contributed by atoms with Crippen LogP contribution in [0.5, 0.6) is 0 Å². The normalized spacial score (nSPS) is 15.9. The Morgan fingerprint density at radius 3 is 2.43 bits per heavy atom. The highest BCUT2D eigenvalue weighted by atomic mass is 16.6. The van der Waals surface area contributed by atoms with Gasteiger partial charge in [0.1, 0.15) is 0 Å². The van der Waals surface area contributed by atoms with Crippen LogP contribution < -0.4 is 10.6 Å². The van der Waals surface area contributed by atoms with E-state index in [4.69, 9.17) is 0 Å². The van der Waals surface area contributed by atoms with Gasteiger partial charge in [0.25, 0.3) is 5.69 Å². The smallest absolute Gasteiger partial charge is 0.313 e. The Kier molecular flexibility index (Phi) is 7.04. The van der Waals surface area contributed by atoms with Crippen molar-refractivity contribution < 1.29 is 14.5 Å². The lowest BCUT2D eigenvalue weighted by Crippen LogP contribution is -2.49. The Morgan fingerprint density at radius 2 is 1.83 bits per heavy atom. The maximum atomic E-state index is 12.3. The molecule has 1 aromatic heterocycles. The zero-order valence-corrected chi connectivity index (χ0v) is 16.7. The minimum atomic E-state index is -0.827. The summed E-state index contributed by atoms with van der Waals surface area (Å²) in [6, 6.07) is 9.00. The van der Waals surface area contributed by atoms with Crippen LogP contribution in [0.25, 0.3) is 0 Å². The number of carbonyl (C=O) groups is 2. The van der Waals surface area contributed by atoms with Gasteiger partial charge in [0.15, 0.2) is 0 Å². The average molecular weight is 412 g/mol. The Bertz CT molecular complexity index is 882. The van der Waals surface area contributed by atoms with Gasteiger partial charge >= 0.3 is 11.8 Å². The number of benzene rings is 1. The van der Waals surface area contributed by atoms with Crippen LogP contribution in [0.1, 0.15) is 11.6 Å². The molecule has 30 heavy (non-hydrogen) atoms. The predicted molar refractivity (Wildman–Crippen MR) is 111 cm³/mol. The number of carbonyl (C=O) groups excluding carboxylic acids is 2. The lowest BCUT2D eigenvalue weighted by Gasteiger charge is -2.38. The number of pyridine rings is 1. The van der Waals surface area contributed by atoms with Gasteiger partial charge in [0, 0.05) is 62.9 Å². The fraction of sp³-hybridized carbons (Fsp3) is 0.350. The first-order valence-corrected chi connectivity index (χ1v) is 9.60. The fourth-order valence-electron chi connectivity index (χ4n) is 3.29. The molecule has 0 radical (unpaired) electrons. The van der Waals surface area contributed by atoms with Gasteiger partial charge in [-0.3, -0.25) is 29.6 Å². The third-order valence-corrected chi connectivity index (χ3v) is 5.05. The number of nitrogens with one attached hydrogen (secondary N) is 2. The molecular formula is C20H24N6O4. The fourth-order valence-corrected chi connectivity index (χ4v) is 3.29. The summed E-state index contributed by atoms with van der Waals surface area (Å²) in [5.41, 5.74) is 1.19. The number of anilines is 1. The third kappa shape index (κ3) is 5.58. The van der Waals surface area contributed by atoms with Crippen molar-refractivity contribution >= 4 is 23.2 Å². The molecule has 158 valence electrons. The van der Waals surface area contributed by atoms with Gasteiger partial charge in [0.2, 0.25) is 0 Å². The van der Waals surface area contributed by atoms with Crippen LogP contribution in [0.3, 0.4) is 0 Å². The third-order valence-electron chi connectivity index (χ3n) is 5.05. The van der Waals surface area contributed by atoms with Crippen LogP contribution in [0, 0.1) is 10.1 Å². The highest BCUT2D eigenvalue weighted by Gasteiger charge is 2.25. The van der Waals surface area contributed by atoms with E-state index in [-0.39, 0.29) is 18.3 Å². The number of non-ortho nitro benzene ring substituents is 1. The monoisotopic (exact) mass is 412 g/mol. The van der Waals surface area contributed by atoms with Crippen LogP contribution in [0.4, 0.5) is 11.4 Å². The molecule has 1 aliphatic heterocycles. The number of likely N-dealkylation sites (N-methyl/N-ethyl adjacent to an activating group) is 1. The van der Waals surface area contributed by atoms with Crippen molar-refractivity contribution in [1.29, 1.82) is 0 Å². The minimum Gasteiger partial charge on any atom is -0.346 e. The molecule has 1 unspecified atom stereocenters. The van der Waals surface area contributed by atoms with Gasteiger partial charge in [-0.2, -0.15) is 0 Å². The number of nitro benzene ring substituents is 1. The Hall–Kier alpha value is -3.37. The number of hydrogen-bond donors (Lipinski definition) is 2. The maximum absolute atomic E-state index is 12.3. The second-order valence-corrected chi connectivity index (χ2v) is 7.11.